The number of hydrogen-bond acceptors (Lipinski definition) is 3. The van der Waals surface area contributed by atoms with Gasteiger partial charge in [0.15, 0.2) is 0 Å². The highest BCUT2D eigenvalue weighted by Gasteiger charge is 2.27. The Morgan fingerprint density at radius 3 is 2.48 bits per heavy atom. The summed E-state index contributed by atoms with van der Waals surface area (Å²) in [4.78, 5) is 14.3. The first-order valence-corrected chi connectivity index (χ1v) is 8.42. The molecule has 23 heavy (non-hydrogen) atoms. The molecule has 5 heteroatoms. The van der Waals surface area contributed by atoms with E-state index in [1.807, 2.05) is 4.90 Å². The predicted molar refractivity (Wildman–Crippen MR) is 85.0 cm³/mol. The van der Waals surface area contributed by atoms with E-state index < -0.39 is 0 Å². The van der Waals surface area contributed by atoms with E-state index in [-0.39, 0.29) is 17.8 Å². The van der Waals surface area contributed by atoms with Crippen molar-refractivity contribution in [2.24, 2.45) is 0 Å². The topological polar surface area (TPSA) is 38.8 Å². The summed E-state index contributed by atoms with van der Waals surface area (Å²) >= 11 is 0. The Morgan fingerprint density at radius 2 is 1.83 bits per heavy atom. The number of carbonyl (C=O) groups is 1. The van der Waals surface area contributed by atoms with E-state index in [4.69, 9.17) is 9.47 Å². The third-order valence-electron chi connectivity index (χ3n) is 4.69. The molecule has 4 nitrogen and oxygen atoms in total. The van der Waals surface area contributed by atoms with E-state index in [9.17, 15) is 9.18 Å². The first kappa shape index (κ1) is 16.4. The van der Waals surface area contributed by atoms with Crippen molar-refractivity contribution < 1.29 is 18.7 Å². The van der Waals surface area contributed by atoms with Crippen molar-refractivity contribution in [3.05, 3.63) is 35.1 Å². The SMILES string of the molecule is Cc1cc(C(=O)N2CCC(OC3CCOCC3)CC2)ccc1F. The molecule has 0 spiro atoms. The number of nitrogens with zero attached hydrogens (tertiary/aromatic N) is 1. The number of carbonyl (C=O) groups excluding carboxylic acids is 1. The molecule has 0 unspecified atom stereocenters. The number of aryl methyl sites for hydroxylation is 1. The summed E-state index contributed by atoms with van der Waals surface area (Å²) < 4.78 is 24.8. The minimum atomic E-state index is -0.273. The van der Waals surface area contributed by atoms with Crippen LogP contribution in [0.2, 0.25) is 0 Å². The zero-order valence-electron chi connectivity index (χ0n) is 13.6. The van der Waals surface area contributed by atoms with Crippen molar-refractivity contribution in [2.45, 2.75) is 44.8 Å². The van der Waals surface area contributed by atoms with Gasteiger partial charge in [-0.15, -0.1) is 0 Å². The molecule has 0 aromatic heterocycles. The fraction of sp³-hybridized carbons (Fsp3) is 0.611. The van der Waals surface area contributed by atoms with Crippen LogP contribution in [0.25, 0.3) is 0 Å². The molecule has 0 radical (unpaired) electrons. The van der Waals surface area contributed by atoms with Gasteiger partial charge in [-0.25, -0.2) is 4.39 Å². The summed E-state index contributed by atoms with van der Waals surface area (Å²) in [5.74, 6) is -0.289. The third-order valence-corrected chi connectivity index (χ3v) is 4.69. The molecule has 3 rings (SSSR count). The van der Waals surface area contributed by atoms with Gasteiger partial charge in [-0.05, 0) is 56.4 Å². The van der Waals surface area contributed by atoms with Gasteiger partial charge in [-0.3, -0.25) is 4.79 Å². The first-order chi connectivity index (χ1) is 11.1. The van der Waals surface area contributed by atoms with Gasteiger partial charge in [0.25, 0.3) is 5.91 Å². The molecular formula is C18H24FNO3. The number of hydrogen-bond donors (Lipinski definition) is 0. The Bertz CT molecular complexity index is 549. The molecule has 0 bridgehead atoms. The number of likely N-dealkylation sites (tertiary alicyclic amines) is 1. The van der Waals surface area contributed by atoms with Crippen molar-refractivity contribution in [2.75, 3.05) is 26.3 Å². The molecule has 0 atom stereocenters. The molecule has 0 N–H and O–H groups in total. The van der Waals surface area contributed by atoms with Gasteiger partial charge >= 0.3 is 0 Å². The Hall–Kier alpha value is -1.46. The van der Waals surface area contributed by atoms with E-state index in [0.29, 0.717) is 30.3 Å². The minimum absolute atomic E-state index is 0.0161. The van der Waals surface area contributed by atoms with Gasteiger partial charge in [-0.2, -0.15) is 0 Å². The quantitative estimate of drug-likeness (QED) is 0.859. The lowest BCUT2D eigenvalue weighted by Gasteiger charge is -2.35. The smallest absolute Gasteiger partial charge is 0.253 e. The van der Waals surface area contributed by atoms with Crippen LogP contribution in [0.5, 0.6) is 0 Å². The van der Waals surface area contributed by atoms with Gasteiger partial charge < -0.3 is 14.4 Å². The zero-order chi connectivity index (χ0) is 16.2. The molecule has 126 valence electrons. The zero-order valence-corrected chi connectivity index (χ0v) is 13.6. The average Bonchev–Trinajstić information content (AvgIpc) is 2.58. The van der Waals surface area contributed by atoms with Crippen molar-refractivity contribution in [3.8, 4) is 0 Å². The lowest BCUT2D eigenvalue weighted by atomic mass is 10.0. The maximum Gasteiger partial charge on any atom is 0.253 e. The van der Waals surface area contributed by atoms with E-state index in [1.165, 1.54) is 6.07 Å². The van der Waals surface area contributed by atoms with Crippen LogP contribution in [0.15, 0.2) is 18.2 Å². The Morgan fingerprint density at radius 1 is 1.17 bits per heavy atom. The normalized spacial score (nSPS) is 20.7. The number of benzene rings is 1. The largest absolute Gasteiger partial charge is 0.381 e. The molecule has 2 fully saturated rings. The van der Waals surface area contributed by atoms with E-state index in [1.54, 1.807) is 19.1 Å². The van der Waals surface area contributed by atoms with Crippen molar-refractivity contribution in [1.29, 1.82) is 0 Å². The fourth-order valence-electron chi connectivity index (χ4n) is 3.24. The summed E-state index contributed by atoms with van der Waals surface area (Å²) in [5, 5.41) is 0. The average molecular weight is 321 g/mol. The number of amides is 1. The van der Waals surface area contributed by atoms with Crippen LogP contribution < -0.4 is 0 Å². The van der Waals surface area contributed by atoms with Gasteiger partial charge in [0.2, 0.25) is 0 Å². The Labute approximate surface area is 136 Å². The molecule has 0 aliphatic carbocycles. The Kier molecular flexibility index (Phi) is 5.28. The van der Waals surface area contributed by atoms with E-state index >= 15 is 0 Å². The highest BCUT2D eigenvalue weighted by atomic mass is 19.1. The summed E-state index contributed by atoms with van der Waals surface area (Å²) in [5.41, 5.74) is 1.07. The number of halogens is 1. The van der Waals surface area contributed by atoms with Crippen LogP contribution in [-0.2, 0) is 9.47 Å². The standard InChI is InChI=1S/C18H24FNO3/c1-13-12-14(2-3-17(13)19)18(21)20-8-4-15(5-9-20)23-16-6-10-22-11-7-16/h2-3,12,15-16H,4-11H2,1H3. The summed E-state index contributed by atoms with van der Waals surface area (Å²) in [6.45, 7) is 4.64. The summed E-state index contributed by atoms with van der Waals surface area (Å²) in [6, 6.07) is 4.56. The predicted octanol–water partition coefficient (Wildman–Crippen LogP) is 2.93. The van der Waals surface area contributed by atoms with Crippen molar-refractivity contribution in [1.82, 2.24) is 4.90 Å². The number of rotatable bonds is 3. The second kappa shape index (κ2) is 7.41. The van der Waals surface area contributed by atoms with E-state index in [2.05, 4.69) is 0 Å². The minimum Gasteiger partial charge on any atom is -0.381 e. The molecule has 1 amide bonds. The summed E-state index contributed by atoms with van der Waals surface area (Å²) in [7, 11) is 0. The van der Waals surface area contributed by atoms with Gasteiger partial charge in [0.05, 0.1) is 12.2 Å². The molecule has 1 aromatic rings. The van der Waals surface area contributed by atoms with Crippen molar-refractivity contribution in [3.63, 3.8) is 0 Å². The van der Waals surface area contributed by atoms with Crippen LogP contribution in [-0.4, -0.2) is 49.3 Å². The molecule has 0 saturated carbocycles. The monoisotopic (exact) mass is 321 g/mol. The van der Waals surface area contributed by atoms with Crippen LogP contribution in [0.4, 0.5) is 4.39 Å². The highest BCUT2D eigenvalue weighted by Crippen LogP contribution is 2.21. The molecule has 1 aromatic carbocycles. The molecular weight excluding hydrogens is 297 g/mol. The first-order valence-electron chi connectivity index (χ1n) is 8.42. The van der Waals surface area contributed by atoms with Crippen LogP contribution in [0, 0.1) is 12.7 Å². The molecule has 2 aliphatic rings. The Balaban J connectivity index is 1.51. The van der Waals surface area contributed by atoms with Crippen molar-refractivity contribution >= 4 is 5.91 Å². The number of piperidine rings is 1. The lowest BCUT2D eigenvalue weighted by Crippen LogP contribution is -2.42. The molecule has 2 saturated heterocycles. The molecule has 2 heterocycles. The fourth-order valence-corrected chi connectivity index (χ4v) is 3.24. The second-order valence-corrected chi connectivity index (χ2v) is 6.40. The van der Waals surface area contributed by atoms with Crippen LogP contribution in [0.1, 0.15) is 41.6 Å². The highest BCUT2D eigenvalue weighted by molar-refractivity contribution is 5.94. The maximum absolute atomic E-state index is 13.3. The van der Waals surface area contributed by atoms with Crippen LogP contribution in [0.3, 0.4) is 0 Å². The van der Waals surface area contributed by atoms with Crippen LogP contribution >= 0.6 is 0 Å². The number of ether oxygens (including phenoxy) is 2. The second-order valence-electron chi connectivity index (χ2n) is 6.40. The maximum atomic E-state index is 13.3. The lowest BCUT2D eigenvalue weighted by molar-refractivity contribution is -0.0823. The summed E-state index contributed by atoms with van der Waals surface area (Å²) in [6.07, 6.45) is 4.20. The molecule has 2 aliphatic heterocycles. The third kappa shape index (κ3) is 4.09. The van der Waals surface area contributed by atoms with Gasteiger partial charge in [-0.1, -0.05) is 0 Å². The van der Waals surface area contributed by atoms with E-state index in [0.717, 1.165) is 38.9 Å². The van der Waals surface area contributed by atoms with Gasteiger partial charge in [0, 0.05) is 31.9 Å². The van der Waals surface area contributed by atoms with Gasteiger partial charge in [0.1, 0.15) is 5.82 Å².